The van der Waals surface area contributed by atoms with Gasteiger partial charge in [-0.15, -0.1) is 0 Å². The molecule has 2 heterocycles. The summed E-state index contributed by atoms with van der Waals surface area (Å²) >= 11 is 0. The Hall–Kier alpha value is -1.00. The minimum atomic E-state index is 0.286. The third-order valence-electron chi connectivity index (χ3n) is 2.57. The molecule has 2 rings (SSSR count). The molecule has 1 aromatic rings. The van der Waals surface area contributed by atoms with E-state index in [-0.39, 0.29) is 6.04 Å². The van der Waals surface area contributed by atoms with E-state index in [4.69, 9.17) is 0 Å². The Labute approximate surface area is 84.2 Å². The van der Waals surface area contributed by atoms with Crippen molar-refractivity contribution in [2.24, 2.45) is 0 Å². The summed E-state index contributed by atoms with van der Waals surface area (Å²) in [5.41, 5.74) is 1.01. The summed E-state index contributed by atoms with van der Waals surface area (Å²) in [6.07, 6.45) is 6.46. The lowest BCUT2D eigenvalue weighted by molar-refractivity contribution is 0.470. The Kier molecular flexibility index (Phi) is 3.06. The standard InChI is InChI=1S/C10H16N4/c1-8(10-7-12-4-5-13-10)14-9-2-3-11-6-9/h4-5,7-9,11,14H,2-3,6H2,1H3. The Balaban J connectivity index is 1.92. The molecule has 4 nitrogen and oxygen atoms in total. The van der Waals surface area contributed by atoms with Gasteiger partial charge in [-0.05, 0) is 19.9 Å². The van der Waals surface area contributed by atoms with Crippen LogP contribution in [0.1, 0.15) is 25.1 Å². The largest absolute Gasteiger partial charge is 0.315 e. The van der Waals surface area contributed by atoms with Crippen molar-refractivity contribution in [3.63, 3.8) is 0 Å². The number of hydrogen-bond donors (Lipinski definition) is 2. The number of nitrogens with zero attached hydrogens (tertiary/aromatic N) is 2. The zero-order valence-electron chi connectivity index (χ0n) is 8.40. The van der Waals surface area contributed by atoms with Crippen LogP contribution in [0.2, 0.25) is 0 Å². The summed E-state index contributed by atoms with van der Waals surface area (Å²) in [5, 5.41) is 6.86. The lowest BCUT2D eigenvalue weighted by Gasteiger charge is -2.17. The van der Waals surface area contributed by atoms with E-state index < -0.39 is 0 Å². The highest BCUT2D eigenvalue weighted by atomic mass is 15.1. The van der Waals surface area contributed by atoms with Gasteiger partial charge in [0.2, 0.25) is 0 Å². The van der Waals surface area contributed by atoms with Crippen molar-refractivity contribution >= 4 is 0 Å². The molecule has 4 heteroatoms. The highest BCUT2D eigenvalue weighted by molar-refractivity contribution is 5.01. The first-order valence-corrected chi connectivity index (χ1v) is 5.09. The monoisotopic (exact) mass is 192 g/mol. The van der Waals surface area contributed by atoms with Crippen LogP contribution in [0, 0.1) is 0 Å². The fraction of sp³-hybridized carbons (Fsp3) is 0.600. The van der Waals surface area contributed by atoms with E-state index in [2.05, 4.69) is 27.5 Å². The van der Waals surface area contributed by atoms with Gasteiger partial charge in [-0.2, -0.15) is 0 Å². The predicted octanol–water partition coefficient (Wildman–Crippen LogP) is 0.489. The van der Waals surface area contributed by atoms with Crippen LogP contribution in [0.25, 0.3) is 0 Å². The fourth-order valence-electron chi connectivity index (χ4n) is 1.77. The number of hydrogen-bond acceptors (Lipinski definition) is 4. The van der Waals surface area contributed by atoms with Gasteiger partial charge in [-0.3, -0.25) is 9.97 Å². The molecule has 0 saturated carbocycles. The van der Waals surface area contributed by atoms with Crippen molar-refractivity contribution in [2.75, 3.05) is 13.1 Å². The molecule has 0 amide bonds. The van der Waals surface area contributed by atoms with E-state index in [1.807, 2.05) is 6.20 Å². The first kappa shape index (κ1) is 9.55. The van der Waals surface area contributed by atoms with E-state index in [0.717, 1.165) is 18.8 Å². The number of nitrogens with one attached hydrogen (secondary N) is 2. The van der Waals surface area contributed by atoms with Crippen molar-refractivity contribution in [1.82, 2.24) is 20.6 Å². The van der Waals surface area contributed by atoms with Crippen LogP contribution < -0.4 is 10.6 Å². The third-order valence-corrected chi connectivity index (χ3v) is 2.57. The molecule has 1 aliphatic heterocycles. The third kappa shape index (κ3) is 2.27. The van der Waals surface area contributed by atoms with Crippen molar-refractivity contribution in [3.8, 4) is 0 Å². The second-order valence-electron chi connectivity index (χ2n) is 3.71. The summed E-state index contributed by atoms with van der Waals surface area (Å²) in [6.45, 7) is 4.30. The van der Waals surface area contributed by atoms with Gasteiger partial charge in [0.15, 0.2) is 0 Å². The van der Waals surface area contributed by atoms with Gasteiger partial charge in [0.05, 0.1) is 5.69 Å². The van der Waals surface area contributed by atoms with Crippen LogP contribution >= 0.6 is 0 Å². The Bertz CT molecular complexity index is 269. The average molecular weight is 192 g/mol. The molecule has 2 atom stereocenters. The van der Waals surface area contributed by atoms with Crippen LogP contribution in [0.15, 0.2) is 18.6 Å². The van der Waals surface area contributed by atoms with Crippen molar-refractivity contribution < 1.29 is 0 Å². The molecule has 1 aromatic heterocycles. The maximum absolute atomic E-state index is 4.28. The molecule has 76 valence electrons. The molecule has 0 radical (unpaired) electrons. The Morgan fingerprint density at radius 1 is 1.57 bits per heavy atom. The molecule has 1 aliphatic rings. The maximum atomic E-state index is 4.28. The normalized spacial score (nSPS) is 23.6. The van der Waals surface area contributed by atoms with Gasteiger partial charge in [-0.1, -0.05) is 0 Å². The van der Waals surface area contributed by atoms with E-state index in [0.29, 0.717) is 6.04 Å². The fourth-order valence-corrected chi connectivity index (χ4v) is 1.77. The van der Waals surface area contributed by atoms with Gasteiger partial charge in [0.1, 0.15) is 0 Å². The second kappa shape index (κ2) is 4.48. The molecule has 0 aromatic carbocycles. The van der Waals surface area contributed by atoms with Gasteiger partial charge >= 0.3 is 0 Å². The van der Waals surface area contributed by atoms with Crippen LogP contribution in [0.5, 0.6) is 0 Å². The van der Waals surface area contributed by atoms with Crippen LogP contribution in [0.3, 0.4) is 0 Å². The first-order valence-electron chi connectivity index (χ1n) is 5.09. The smallest absolute Gasteiger partial charge is 0.0753 e. The molecule has 2 unspecified atom stereocenters. The summed E-state index contributed by atoms with van der Waals surface area (Å²) in [5.74, 6) is 0. The van der Waals surface area contributed by atoms with Crippen molar-refractivity contribution in [3.05, 3.63) is 24.3 Å². The summed E-state index contributed by atoms with van der Waals surface area (Å²) in [6, 6.07) is 0.862. The predicted molar refractivity (Wildman–Crippen MR) is 54.9 cm³/mol. The molecule has 0 spiro atoms. The van der Waals surface area contributed by atoms with Crippen molar-refractivity contribution in [2.45, 2.75) is 25.4 Å². The lowest BCUT2D eigenvalue weighted by atomic mass is 10.2. The number of aromatic nitrogens is 2. The van der Waals surface area contributed by atoms with E-state index >= 15 is 0 Å². The average Bonchev–Trinajstić information content (AvgIpc) is 2.72. The first-order chi connectivity index (χ1) is 6.86. The van der Waals surface area contributed by atoms with E-state index in [1.165, 1.54) is 6.42 Å². The van der Waals surface area contributed by atoms with Crippen LogP contribution in [-0.2, 0) is 0 Å². The quantitative estimate of drug-likeness (QED) is 0.731. The molecular formula is C10H16N4. The molecule has 1 fully saturated rings. The zero-order valence-corrected chi connectivity index (χ0v) is 8.40. The zero-order chi connectivity index (χ0) is 9.80. The minimum absolute atomic E-state index is 0.286. The molecule has 0 bridgehead atoms. The summed E-state index contributed by atoms with van der Waals surface area (Å²) in [4.78, 5) is 8.34. The van der Waals surface area contributed by atoms with Gasteiger partial charge in [-0.25, -0.2) is 0 Å². The van der Waals surface area contributed by atoms with Crippen molar-refractivity contribution in [1.29, 1.82) is 0 Å². The second-order valence-corrected chi connectivity index (χ2v) is 3.71. The van der Waals surface area contributed by atoms with Crippen LogP contribution in [0.4, 0.5) is 0 Å². The maximum Gasteiger partial charge on any atom is 0.0753 e. The highest BCUT2D eigenvalue weighted by Gasteiger charge is 2.17. The number of rotatable bonds is 3. The molecular weight excluding hydrogens is 176 g/mol. The molecule has 2 N–H and O–H groups in total. The summed E-state index contributed by atoms with van der Waals surface area (Å²) < 4.78 is 0. The Morgan fingerprint density at radius 2 is 2.50 bits per heavy atom. The minimum Gasteiger partial charge on any atom is -0.315 e. The highest BCUT2D eigenvalue weighted by Crippen LogP contribution is 2.10. The SMILES string of the molecule is CC(NC1CCNC1)c1cnccn1. The van der Waals surface area contributed by atoms with Crippen LogP contribution in [-0.4, -0.2) is 29.1 Å². The van der Waals surface area contributed by atoms with E-state index in [9.17, 15) is 0 Å². The van der Waals surface area contributed by atoms with Gasteiger partial charge in [0.25, 0.3) is 0 Å². The summed E-state index contributed by atoms with van der Waals surface area (Å²) in [7, 11) is 0. The molecule has 0 aliphatic carbocycles. The molecule has 14 heavy (non-hydrogen) atoms. The van der Waals surface area contributed by atoms with Gasteiger partial charge in [0, 0.05) is 37.2 Å². The van der Waals surface area contributed by atoms with Gasteiger partial charge < -0.3 is 10.6 Å². The topological polar surface area (TPSA) is 49.8 Å². The lowest BCUT2D eigenvalue weighted by Crippen LogP contribution is -2.33. The van der Waals surface area contributed by atoms with E-state index in [1.54, 1.807) is 12.4 Å². The molecule has 1 saturated heterocycles. The Morgan fingerprint density at radius 3 is 3.14 bits per heavy atom.